The van der Waals surface area contributed by atoms with Crippen LogP contribution in [0.3, 0.4) is 0 Å². The summed E-state index contributed by atoms with van der Waals surface area (Å²) >= 11 is 8.85. The normalized spacial score (nSPS) is 10.2. The van der Waals surface area contributed by atoms with Gasteiger partial charge in [0.05, 0.1) is 5.33 Å². The highest BCUT2D eigenvalue weighted by Crippen LogP contribution is 2.15. The van der Waals surface area contributed by atoms with Gasteiger partial charge in [-0.3, -0.25) is 4.79 Å². The SMILES string of the molecule is O=C(CBr)Cc1cc(I)cc(CBr)c1. The van der Waals surface area contributed by atoms with Crippen molar-refractivity contribution in [1.29, 1.82) is 0 Å². The Hall–Kier alpha value is 0.580. The molecule has 14 heavy (non-hydrogen) atoms. The monoisotopic (exact) mass is 430 g/mol. The highest BCUT2D eigenvalue weighted by Gasteiger charge is 2.04. The maximum absolute atomic E-state index is 11.2. The van der Waals surface area contributed by atoms with Crippen molar-refractivity contribution in [2.45, 2.75) is 11.8 Å². The molecule has 0 saturated heterocycles. The fourth-order valence-corrected chi connectivity index (χ4v) is 2.49. The summed E-state index contributed by atoms with van der Waals surface area (Å²) in [6.45, 7) is 0. The summed E-state index contributed by atoms with van der Waals surface area (Å²) < 4.78 is 1.18. The second-order valence-corrected chi connectivity index (χ2v) is 5.32. The van der Waals surface area contributed by atoms with Crippen LogP contribution in [0, 0.1) is 3.57 Å². The van der Waals surface area contributed by atoms with Crippen LogP contribution in [-0.4, -0.2) is 11.1 Å². The fraction of sp³-hybridized carbons (Fsp3) is 0.300. The molecule has 0 aliphatic carbocycles. The molecule has 0 fully saturated rings. The molecule has 0 aliphatic heterocycles. The molecule has 1 rings (SSSR count). The average molecular weight is 432 g/mol. The Labute approximate surface area is 114 Å². The zero-order valence-electron chi connectivity index (χ0n) is 7.40. The van der Waals surface area contributed by atoms with Gasteiger partial charge < -0.3 is 0 Å². The summed E-state index contributed by atoms with van der Waals surface area (Å²) in [7, 11) is 0. The van der Waals surface area contributed by atoms with Crippen molar-refractivity contribution in [3.8, 4) is 0 Å². The van der Waals surface area contributed by atoms with Gasteiger partial charge in [-0.05, 0) is 45.9 Å². The third-order valence-corrected chi connectivity index (χ3v) is 3.62. The second-order valence-electron chi connectivity index (χ2n) is 2.95. The minimum absolute atomic E-state index is 0.215. The predicted octanol–water partition coefficient (Wildman–Crippen LogP) is 3.69. The quantitative estimate of drug-likeness (QED) is 0.525. The van der Waals surface area contributed by atoms with E-state index < -0.39 is 0 Å². The lowest BCUT2D eigenvalue weighted by Gasteiger charge is -2.03. The number of ketones is 1. The summed E-state index contributed by atoms with van der Waals surface area (Å²) in [5.41, 5.74) is 2.31. The van der Waals surface area contributed by atoms with Gasteiger partial charge in [0.1, 0.15) is 5.78 Å². The molecule has 0 aromatic heterocycles. The molecule has 0 heterocycles. The molecule has 0 spiro atoms. The van der Waals surface area contributed by atoms with Crippen LogP contribution in [0.25, 0.3) is 0 Å². The molecule has 0 radical (unpaired) electrons. The topological polar surface area (TPSA) is 17.1 Å². The molecule has 0 N–H and O–H groups in total. The maximum atomic E-state index is 11.2. The lowest BCUT2D eigenvalue weighted by molar-refractivity contribution is -0.115. The van der Waals surface area contributed by atoms with Gasteiger partial charge >= 0.3 is 0 Å². The van der Waals surface area contributed by atoms with Crippen molar-refractivity contribution in [3.63, 3.8) is 0 Å². The Morgan fingerprint density at radius 1 is 1.21 bits per heavy atom. The zero-order chi connectivity index (χ0) is 10.6. The Morgan fingerprint density at radius 2 is 1.86 bits per heavy atom. The highest BCUT2D eigenvalue weighted by atomic mass is 127. The minimum Gasteiger partial charge on any atom is -0.298 e. The van der Waals surface area contributed by atoms with Crippen molar-refractivity contribution < 1.29 is 4.79 Å². The summed E-state index contributed by atoms with van der Waals surface area (Å²) in [6.07, 6.45) is 0.516. The van der Waals surface area contributed by atoms with Gasteiger partial charge in [0.15, 0.2) is 0 Å². The highest BCUT2D eigenvalue weighted by molar-refractivity contribution is 14.1. The Balaban J connectivity index is 2.86. The molecule has 0 unspecified atom stereocenters. The zero-order valence-corrected chi connectivity index (χ0v) is 12.7. The number of hydrogen-bond acceptors (Lipinski definition) is 1. The van der Waals surface area contributed by atoms with Gasteiger partial charge in [0.25, 0.3) is 0 Å². The first-order valence-corrected chi connectivity index (χ1v) is 7.40. The van der Waals surface area contributed by atoms with Crippen LogP contribution in [0.2, 0.25) is 0 Å². The molecule has 76 valence electrons. The van der Waals surface area contributed by atoms with Crippen molar-refractivity contribution in [3.05, 3.63) is 32.9 Å². The van der Waals surface area contributed by atoms with Gasteiger partial charge in [-0.1, -0.05) is 37.9 Å². The van der Waals surface area contributed by atoms with Crippen LogP contribution in [-0.2, 0) is 16.5 Å². The largest absolute Gasteiger partial charge is 0.298 e. The van der Waals surface area contributed by atoms with E-state index in [9.17, 15) is 4.79 Å². The average Bonchev–Trinajstić information content (AvgIpc) is 2.16. The van der Waals surface area contributed by atoms with Gasteiger partial charge in [-0.25, -0.2) is 0 Å². The molecule has 0 aliphatic rings. The summed E-state index contributed by atoms with van der Waals surface area (Å²) in [5, 5.41) is 1.27. The molecule has 1 aromatic carbocycles. The second kappa shape index (κ2) is 6.23. The Kier molecular flexibility index (Phi) is 5.62. The Morgan fingerprint density at radius 3 is 2.43 bits per heavy atom. The molecule has 0 saturated carbocycles. The van der Waals surface area contributed by atoms with Gasteiger partial charge in [-0.15, -0.1) is 0 Å². The molecule has 0 bridgehead atoms. The van der Waals surface area contributed by atoms with Crippen LogP contribution in [0.1, 0.15) is 11.1 Å². The predicted molar refractivity (Wildman–Crippen MR) is 74.3 cm³/mol. The minimum atomic E-state index is 0.215. The van der Waals surface area contributed by atoms with E-state index in [1.54, 1.807) is 0 Å². The number of halogens is 3. The van der Waals surface area contributed by atoms with Crippen LogP contribution in [0.15, 0.2) is 18.2 Å². The molecular formula is C10H9Br2IO. The van der Waals surface area contributed by atoms with E-state index in [0.29, 0.717) is 11.8 Å². The molecule has 4 heteroatoms. The van der Waals surface area contributed by atoms with Gasteiger partial charge in [0, 0.05) is 15.3 Å². The number of hydrogen-bond donors (Lipinski definition) is 0. The third-order valence-electron chi connectivity index (χ3n) is 1.72. The van der Waals surface area contributed by atoms with E-state index in [-0.39, 0.29) is 5.78 Å². The molecule has 1 aromatic rings. The molecular weight excluding hydrogens is 423 g/mol. The number of rotatable bonds is 4. The van der Waals surface area contributed by atoms with Crippen molar-refractivity contribution >= 4 is 60.2 Å². The molecule has 0 amide bonds. The number of carbonyl (C=O) groups is 1. The summed E-state index contributed by atoms with van der Waals surface area (Å²) in [6, 6.07) is 6.22. The first kappa shape index (κ1) is 12.6. The van der Waals surface area contributed by atoms with Crippen LogP contribution < -0.4 is 0 Å². The lowest BCUT2D eigenvalue weighted by Crippen LogP contribution is -2.04. The van der Waals surface area contributed by atoms with Gasteiger partial charge in [0.2, 0.25) is 0 Å². The fourth-order valence-electron chi connectivity index (χ4n) is 1.17. The number of alkyl halides is 2. The summed E-state index contributed by atoms with van der Waals surface area (Å²) in [5.74, 6) is 0.215. The smallest absolute Gasteiger partial charge is 0.147 e. The van der Waals surface area contributed by atoms with Gasteiger partial charge in [-0.2, -0.15) is 0 Å². The lowest BCUT2D eigenvalue weighted by atomic mass is 10.1. The van der Waals surface area contributed by atoms with E-state index in [1.165, 1.54) is 9.13 Å². The van der Waals surface area contributed by atoms with Crippen molar-refractivity contribution in [2.24, 2.45) is 0 Å². The maximum Gasteiger partial charge on any atom is 0.147 e. The van der Waals surface area contributed by atoms with E-state index in [2.05, 4.69) is 66.6 Å². The van der Waals surface area contributed by atoms with E-state index in [4.69, 9.17) is 0 Å². The third kappa shape index (κ3) is 3.98. The summed E-state index contributed by atoms with van der Waals surface area (Å²) in [4.78, 5) is 11.2. The standard InChI is InChI=1S/C10H9Br2IO/c11-5-8-1-7(2-9(13)3-8)4-10(14)6-12/h1-3H,4-6H2. The molecule has 1 nitrogen and oxygen atoms in total. The van der Waals surface area contributed by atoms with E-state index >= 15 is 0 Å². The first-order valence-electron chi connectivity index (χ1n) is 4.07. The first-order chi connectivity index (χ1) is 6.65. The van der Waals surface area contributed by atoms with Crippen molar-refractivity contribution in [1.82, 2.24) is 0 Å². The number of carbonyl (C=O) groups excluding carboxylic acids is 1. The van der Waals surface area contributed by atoms with E-state index in [1.807, 2.05) is 6.07 Å². The van der Waals surface area contributed by atoms with E-state index in [0.717, 1.165) is 10.9 Å². The Bertz CT molecular complexity index is 339. The van der Waals surface area contributed by atoms with Crippen molar-refractivity contribution in [2.75, 3.05) is 5.33 Å². The molecule has 0 atom stereocenters. The van der Waals surface area contributed by atoms with Crippen LogP contribution in [0.5, 0.6) is 0 Å². The van der Waals surface area contributed by atoms with Crippen LogP contribution in [0.4, 0.5) is 0 Å². The van der Waals surface area contributed by atoms with Crippen LogP contribution >= 0.6 is 54.5 Å². The number of benzene rings is 1. The number of Topliss-reactive ketones (excluding diaryl/α,β-unsaturated/α-hetero) is 1.